The van der Waals surface area contributed by atoms with Crippen molar-refractivity contribution in [2.75, 3.05) is 11.9 Å². The standard InChI is InChI=1S/C18H25N3O5S/c1-9(20-17(25)18(2,3)4)16(24)26-8-12(22)21-15-13(14(19)23)10-6-5-7-11(10)27-15/h9H,5-8H2,1-4H3,(H2,19,23)(H,20,25)(H,21,22). The average molecular weight is 395 g/mol. The van der Waals surface area contributed by atoms with Crippen LogP contribution in [0, 0.1) is 5.41 Å². The molecule has 1 unspecified atom stereocenters. The number of hydrogen-bond acceptors (Lipinski definition) is 6. The molecule has 1 atom stereocenters. The number of esters is 1. The second kappa shape index (κ2) is 8.08. The van der Waals surface area contributed by atoms with Gasteiger partial charge in [0.1, 0.15) is 11.0 Å². The molecular formula is C18H25N3O5S. The maximum absolute atomic E-state index is 12.1. The Morgan fingerprint density at radius 2 is 1.89 bits per heavy atom. The molecule has 4 N–H and O–H groups in total. The van der Waals surface area contributed by atoms with Crippen molar-refractivity contribution in [1.29, 1.82) is 0 Å². The van der Waals surface area contributed by atoms with Crippen LogP contribution in [0.4, 0.5) is 5.00 Å². The van der Waals surface area contributed by atoms with Crippen molar-refractivity contribution in [2.45, 2.75) is 53.0 Å². The van der Waals surface area contributed by atoms with E-state index in [0.29, 0.717) is 10.6 Å². The molecule has 1 aliphatic carbocycles. The van der Waals surface area contributed by atoms with E-state index < -0.39 is 35.8 Å². The Morgan fingerprint density at radius 3 is 2.48 bits per heavy atom. The van der Waals surface area contributed by atoms with Gasteiger partial charge in [0, 0.05) is 10.3 Å². The highest BCUT2D eigenvalue weighted by molar-refractivity contribution is 7.17. The first-order chi connectivity index (χ1) is 12.5. The van der Waals surface area contributed by atoms with Crippen molar-refractivity contribution in [3.8, 4) is 0 Å². The molecule has 0 fully saturated rings. The second-order valence-corrected chi connectivity index (χ2v) is 8.63. The summed E-state index contributed by atoms with van der Waals surface area (Å²) in [6, 6.07) is -0.878. The number of nitrogens with two attached hydrogens (primary N) is 1. The van der Waals surface area contributed by atoms with Gasteiger partial charge in [-0.1, -0.05) is 20.8 Å². The molecule has 2 rings (SSSR count). The Morgan fingerprint density at radius 1 is 1.22 bits per heavy atom. The Hall–Kier alpha value is -2.42. The maximum atomic E-state index is 12.1. The third-order valence-electron chi connectivity index (χ3n) is 4.15. The lowest BCUT2D eigenvalue weighted by molar-refractivity contribution is -0.150. The number of primary amides is 1. The Bertz CT molecular complexity index is 779. The summed E-state index contributed by atoms with van der Waals surface area (Å²) >= 11 is 1.33. The van der Waals surface area contributed by atoms with Crippen LogP contribution in [0.1, 0.15) is 54.9 Å². The van der Waals surface area contributed by atoms with Crippen LogP contribution >= 0.6 is 11.3 Å². The summed E-state index contributed by atoms with van der Waals surface area (Å²) in [5, 5.41) is 5.52. The number of thiophene rings is 1. The molecule has 1 aromatic heterocycles. The molecule has 1 heterocycles. The Labute approximate surface area is 161 Å². The molecule has 0 saturated carbocycles. The zero-order chi connectivity index (χ0) is 20.4. The van der Waals surface area contributed by atoms with Gasteiger partial charge >= 0.3 is 5.97 Å². The van der Waals surface area contributed by atoms with E-state index in [-0.39, 0.29) is 5.91 Å². The van der Waals surface area contributed by atoms with Crippen LogP contribution in [0.25, 0.3) is 0 Å². The molecule has 27 heavy (non-hydrogen) atoms. The van der Waals surface area contributed by atoms with Crippen molar-refractivity contribution >= 4 is 40.0 Å². The van der Waals surface area contributed by atoms with E-state index in [1.165, 1.54) is 18.3 Å². The number of ether oxygens (including phenoxy) is 1. The topological polar surface area (TPSA) is 128 Å². The van der Waals surface area contributed by atoms with Gasteiger partial charge in [-0.05, 0) is 31.7 Å². The van der Waals surface area contributed by atoms with E-state index in [2.05, 4.69) is 10.6 Å². The number of carbonyl (C=O) groups excluding carboxylic acids is 4. The zero-order valence-electron chi connectivity index (χ0n) is 15.9. The summed E-state index contributed by atoms with van der Waals surface area (Å²) < 4.78 is 4.95. The first kappa shape index (κ1) is 20.9. The molecule has 1 aromatic rings. The molecule has 0 saturated heterocycles. The van der Waals surface area contributed by atoms with Crippen molar-refractivity contribution in [3.05, 3.63) is 16.0 Å². The van der Waals surface area contributed by atoms with E-state index in [1.54, 1.807) is 20.8 Å². The summed E-state index contributed by atoms with van der Waals surface area (Å²) in [5.41, 5.74) is 6.05. The number of fused-ring (bicyclic) bond motifs is 1. The lowest BCUT2D eigenvalue weighted by atomic mass is 9.95. The second-order valence-electron chi connectivity index (χ2n) is 7.53. The van der Waals surface area contributed by atoms with Gasteiger partial charge in [0.25, 0.3) is 11.8 Å². The van der Waals surface area contributed by atoms with E-state index >= 15 is 0 Å². The summed E-state index contributed by atoms with van der Waals surface area (Å²) in [4.78, 5) is 48.7. The van der Waals surface area contributed by atoms with E-state index in [4.69, 9.17) is 10.5 Å². The monoisotopic (exact) mass is 395 g/mol. The first-order valence-corrected chi connectivity index (χ1v) is 9.54. The van der Waals surface area contributed by atoms with Crippen LogP contribution in [0.5, 0.6) is 0 Å². The summed E-state index contributed by atoms with van der Waals surface area (Å²) in [6.07, 6.45) is 2.58. The van der Waals surface area contributed by atoms with Crippen molar-refractivity contribution in [2.24, 2.45) is 11.1 Å². The van der Waals surface area contributed by atoms with Crippen LogP contribution < -0.4 is 16.4 Å². The third-order valence-corrected chi connectivity index (χ3v) is 5.36. The minimum Gasteiger partial charge on any atom is -0.454 e. The van der Waals surface area contributed by atoms with Gasteiger partial charge in [0.05, 0.1) is 5.56 Å². The lowest BCUT2D eigenvalue weighted by Gasteiger charge is -2.20. The van der Waals surface area contributed by atoms with E-state index in [0.717, 1.165) is 29.7 Å². The highest BCUT2D eigenvalue weighted by Gasteiger charge is 2.28. The summed E-state index contributed by atoms with van der Waals surface area (Å²) in [7, 11) is 0. The Kier molecular flexibility index (Phi) is 6.25. The summed E-state index contributed by atoms with van der Waals surface area (Å²) in [6.45, 7) is 6.14. The van der Waals surface area contributed by atoms with Crippen LogP contribution in [0.2, 0.25) is 0 Å². The van der Waals surface area contributed by atoms with Crippen LogP contribution in [0.3, 0.4) is 0 Å². The molecule has 9 heteroatoms. The van der Waals surface area contributed by atoms with Crippen molar-refractivity contribution in [3.63, 3.8) is 0 Å². The average Bonchev–Trinajstić information content (AvgIpc) is 3.11. The maximum Gasteiger partial charge on any atom is 0.328 e. The molecule has 8 nitrogen and oxygen atoms in total. The molecule has 3 amide bonds. The fraction of sp³-hybridized carbons (Fsp3) is 0.556. The predicted octanol–water partition coefficient (Wildman–Crippen LogP) is 1.37. The van der Waals surface area contributed by atoms with Crippen LogP contribution in [-0.4, -0.2) is 36.3 Å². The minimum atomic E-state index is -0.878. The van der Waals surface area contributed by atoms with E-state index in [9.17, 15) is 19.2 Å². The van der Waals surface area contributed by atoms with Gasteiger partial charge < -0.3 is 21.1 Å². The highest BCUT2D eigenvalue weighted by atomic mass is 32.1. The van der Waals surface area contributed by atoms with E-state index in [1.807, 2.05) is 0 Å². The van der Waals surface area contributed by atoms with Gasteiger partial charge in [-0.3, -0.25) is 14.4 Å². The summed E-state index contributed by atoms with van der Waals surface area (Å²) in [5.74, 6) is -2.16. The predicted molar refractivity (Wildman–Crippen MR) is 102 cm³/mol. The van der Waals surface area contributed by atoms with Crippen molar-refractivity contribution < 1.29 is 23.9 Å². The molecule has 0 bridgehead atoms. The minimum absolute atomic E-state index is 0.296. The molecule has 148 valence electrons. The van der Waals surface area contributed by atoms with Crippen LogP contribution in [0.15, 0.2) is 0 Å². The van der Waals surface area contributed by atoms with Crippen LogP contribution in [-0.2, 0) is 32.0 Å². The number of carbonyl (C=O) groups is 4. The van der Waals surface area contributed by atoms with Gasteiger partial charge in [-0.25, -0.2) is 4.79 Å². The normalized spacial score (nSPS) is 14.2. The van der Waals surface area contributed by atoms with Gasteiger partial charge in [0.15, 0.2) is 6.61 Å². The molecule has 0 spiro atoms. The number of rotatable bonds is 6. The Balaban J connectivity index is 1.91. The number of hydrogen-bond donors (Lipinski definition) is 3. The molecule has 0 radical (unpaired) electrons. The number of anilines is 1. The fourth-order valence-electron chi connectivity index (χ4n) is 2.65. The number of nitrogens with one attached hydrogen (secondary N) is 2. The lowest BCUT2D eigenvalue weighted by Crippen LogP contribution is -2.45. The third kappa shape index (κ3) is 5.06. The van der Waals surface area contributed by atoms with Gasteiger partial charge in [0.2, 0.25) is 5.91 Å². The molecule has 1 aliphatic rings. The molecular weight excluding hydrogens is 370 g/mol. The largest absolute Gasteiger partial charge is 0.454 e. The smallest absolute Gasteiger partial charge is 0.328 e. The van der Waals surface area contributed by atoms with Crippen molar-refractivity contribution in [1.82, 2.24) is 5.32 Å². The number of aryl methyl sites for hydroxylation is 1. The highest BCUT2D eigenvalue weighted by Crippen LogP contribution is 2.38. The van der Waals surface area contributed by atoms with Gasteiger partial charge in [-0.15, -0.1) is 11.3 Å². The molecule has 0 aromatic carbocycles. The SMILES string of the molecule is CC(NC(=O)C(C)(C)C)C(=O)OCC(=O)Nc1sc2c(c1C(N)=O)CCC2. The van der Waals surface area contributed by atoms with Gasteiger partial charge in [-0.2, -0.15) is 0 Å². The zero-order valence-corrected chi connectivity index (χ0v) is 16.7. The first-order valence-electron chi connectivity index (χ1n) is 8.72. The quantitative estimate of drug-likeness (QED) is 0.627. The number of amides is 3. The molecule has 0 aliphatic heterocycles. The fourth-order valence-corrected chi connectivity index (χ4v) is 3.96.